The molecule has 1 aromatic heterocycles. The van der Waals surface area contributed by atoms with Crippen LogP contribution < -0.4 is 0 Å². The van der Waals surface area contributed by atoms with Crippen LogP contribution in [0.3, 0.4) is 0 Å². The van der Waals surface area contributed by atoms with Gasteiger partial charge in [-0.15, -0.1) is 0 Å². The summed E-state index contributed by atoms with van der Waals surface area (Å²) in [7, 11) is 0. The number of hydrogen-bond acceptors (Lipinski definition) is 3. The average molecular weight is 366 g/mol. The second-order valence-corrected chi connectivity index (χ2v) is 6.70. The van der Waals surface area contributed by atoms with Gasteiger partial charge in [-0.2, -0.15) is 0 Å². The zero-order chi connectivity index (χ0) is 18.1. The zero-order valence-electron chi connectivity index (χ0n) is 13.9. The minimum Gasteiger partial charge on any atom is -0.467 e. The summed E-state index contributed by atoms with van der Waals surface area (Å²) in [5.74, 6) is 0.663. The van der Waals surface area contributed by atoms with E-state index in [1.54, 1.807) is 59.7 Å². The lowest BCUT2D eigenvalue weighted by molar-refractivity contribution is 0.0719. The van der Waals surface area contributed by atoms with Crippen molar-refractivity contribution in [3.63, 3.8) is 0 Å². The predicted octanol–water partition coefficient (Wildman–Crippen LogP) is 4.36. The van der Waals surface area contributed by atoms with Gasteiger partial charge in [0.25, 0.3) is 5.91 Å². The largest absolute Gasteiger partial charge is 0.467 e. The van der Waals surface area contributed by atoms with Crippen LogP contribution in [0.15, 0.2) is 65.3 Å². The predicted molar refractivity (Wildman–Crippen MR) is 98.5 cm³/mol. The van der Waals surface area contributed by atoms with Crippen molar-refractivity contribution < 1.29 is 14.0 Å². The minimum atomic E-state index is -0.121. The van der Waals surface area contributed by atoms with E-state index < -0.39 is 0 Å². The molecule has 3 aromatic rings. The van der Waals surface area contributed by atoms with Crippen LogP contribution in [0.5, 0.6) is 0 Å². The van der Waals surface area contributed by atoms with Crippen molar-refractivity contribution in [1.29, 1.82) is 0 Å². The van der Waals surface area contributed by atoms with Crippen molar-refractivity contribution >= 4 is 23.3 Å². The lowest BCUT2D eigenvalue weighted by atomic mass is 10.0. The van der Waals surface area contributed by atoms with E-state index in [1.165, 1.54) is 0 Å². The molecule has 1 aliphatic heterocycles. The Labute approximate surface area is 156 Å². The summed E-state index contributed by atoms with van der Waals surface area (Å²) in [6, 6.07) is 15.5. The maximum absolute atomic E-state index is 12.7. The van der Waals surface area contributed by atoms with Gasteiger partial charge in [0.2, 0.25) is 0 Å². The number of carbonyl (C=O) groups is 2. The highest BCUT2D eigenvalue weighted by atomic mass is 35.5. The molecule has 4 nitrogen and oxygen atoms in total. The maximum atomic E-state index is 12.7. The summed E-state index contributed by atoms with van der Waals surface area (Å²) >= 11 is 5.95. The molecule has 2 aromatic carbocycles. The topological polar surface area (TPSA) is 50.5 Å². The molecule has 0 unspecified atom stereocenters. The molecule has 5 heteroatoms. The van der Waals surface area contributed by atoms with Crippen LogP contribution in [-0.2, 0) is 13.0 Å². The molecule has 0 atom stereocenters. The molecule has 0 saturated heterocycles. The van der Waals surface area contributed by atoms with E-state index in [1.807, 2.05) is 6.07 Å². The fraction of sp³-hybridized carbons (Fsp3) is 0.143. The van der Waals surface area contributed by atoms with Crippen molar-refractivity contribution in [3.05, 3.63) is 93.9 Å². The van der Waals surface area contributed by atoms with Crippen LogP contribution in [-0.4, -0.2) is 23.1 Å². The standard InChI is InChI=1S/C21H16ClNO3/c22-18-3-1-2-17(12-18)20(24)15-4-6-16(7-5-15)21(25)23-10-8-14-9-11-26-19(14)13-23/h1-7,9,11-12H,8,10,13H2. The summed E-state index contributed by atoms with van der Waals surface area (Å²) in [5.41, 5.74) is 2.77. The normalized spacial score (nSPS) is 13.3. The smallest absolute Gasteiger partial charge is 0.254 e. The van der Waals surface area contributed by atoms with Crippen LogP contribution in [0, 0.1) is 0 Å². The monoisotopic (exact) mass is 365 g/mol. The Morgan fingerprint density at radius 3 is 2.50 bits per heavy atom. The molecule has 0 aliphatic carbocycles. The number of ketones is 1. The Morgan fingerprint density at radius 1 is 0.962 bits per heavy atom. The van der Waals surface area contributed by atoms with Crippen molar-refractivity contribution in [1.82, 2.24) is 4.90 Å². The van der Waals surface area contributed by atoms with Crippen molar-refractivity contribution in [3.8, 4) is 0 Å². The molecule has 130 valence electrons. The van der Waals surface area contributed by atoms with Crippen molar-refractivity contribution in [2.75, 3.05) is 6.54 Å². The molecule has 0 N–H and O–H groups in total. The third-order valence-electron chi connectivity index (χ3n) is 4.59. The summed E-state index contributed by atoms with van der Waals surface area (Å²) in [6.45, 7) is 1.14. The Bertz CT molecular complexity index is 975. The summed E-state index contributed by atoms with van der Waals surface area (Å²) < 4.78 is 5.43. The van der Waals surface area contributed by atoms with E-state index in [2.05, 4.69) is 0 Å². The maximum Gasteiger partial charge on any atom is 0.254 e. The van der Waals surface area contributed by atoms with E-state index >= 15 is 0 Å². The highest BCUT2D eigenvalue weighted by Crippen LogP contribution is 2.22. The van der Waals surface area contributed by atoms with Gasteiger partial charge in [-0.05, 0) is 42.3 Å². The Balaban J connectivity index is 1.51. The second-order valence-electron chi connectivity index (χ2n) is 6.26. The fourth-order valence-electron chi connectivity index (χ4n) is 3.15. The molecule has 0 saturated carbocycles. The number of carbonyl (C=O) groups excluding carboxylic acids is 2. The number of amides is 1. The van der Waals surface area contributed by atoms with Crippen molar-refractivity contribution in [2.45, 2.75) is 13.0 Å². The second kappa shape index (κ2) is 6.81. The Hall–Kier alpha value is -2.85. The summed E-state index contributed by atoms with van der Waals surface area (Å²) in [6.07, 6.45) is 2.46. The van der Waals surface area contributed by atoms with Gasteiger partial charge < -0.3 is 9.32 Å². The van der Waals surface area contributed by atoms with Gasteiger partial charge in [-0.25, -0.2) is 0 Å². The molecule has 2 heterocycles. The molecule has 0 spiro atoms. The van der Waals surface area contributed by atoms with Crippen LogP contribution in [0.25, 0.3) is 0 Å². The molecule has 1 aliphatic rings. The van der Waals surface area contributed by atoms with Crippen LogP contribution in [0.1, 0.15) is 37.6 Å². The van der Waals surface area contributed by atoms with E-state index in [4.69, 9.17) is 16.0 Å². The lowest BCUT2D eigenvalue weighted by Crippen LogP contribution is -2.35. The lowest BCUT2D eigenvalue weighted by Gasteiger charge is -2.26. The highest BCUT2D eigenvalue weighted by molar-refractivity contribution is 6.31. The third-order valence-corrected chi connectivity index (χ3v) is 4.83. The van der Waals surface area contributed by atoms with Gasteiger partial charge >= 0.3 is 0 Å². The molecular formula is C21H16ClNO3. The minimum absolute atomic E-state index is 0.0613. The molecule has 0 bridgehead atoms. The molecule has 4 rings (SSSR count). The average Bonchev–Trinajstić information content (AvgIpc) is 3.15. The number of benzene rings is 2. The number of nitrogens with zero attached hydrogens (tertiary/aromatic N) is 1. The zero-order valence-corrected chi connectivity index (χ0v) is 14.7. The van der Waals surface area contributed by atoms with Gasteiger partial charge in [0, 0.05) is 28.3 Å². The molecule has 0 fully saturated rings. The highest BCUT2D eigenvalue weighted by Gasteiger charge is 2.23. The number of rotatable bonds is 3. The van der Waals surface area contributed by atoms with E-state index in [-0.39, 0.29) is 11.7 Å². The first-order valence-electron chi connectivity index (χ1n) is 8.36. The first kappa shape index (κ1) is 16.6. The Morgan fingerprint density at radius 2 is 1.73 bits per heavy atom. The molecule has 0 radical (unpaired) electrons. The van der Waals surface area contributed by atoms with Gasteiger partial charge in [0.05, 0.1) is 12.8 Å². The number of hydrogen-bond donors (Lipinski definition) is 0. The number of furan rings is 1. The van der Waals surface area contributed by atoms with E-state index in [0.717, 1.165) is 17.7 Å². The fourth-order valence-corrected chi connectivity index (χ4v) is 3.34. The molecule has 26 heavy (non-hydrogen) atoms. The van der Waals surface area contributed by atoms with Crippen LogP contribution in [0.2, 0.25) is 5.02 Å². The van der Waals surface area contributed by atoms with Gasteiger partial charge in [0.15, 0.2) is 5.78 Å². The first-order valence-corrected chi connectivity index (χ1v) is 8.74. The van der Waals surface area contributed by atoms with Gasteiger partial charge in [-0.1, -0.05) is 35.9 Å². The van der Waals surface area contributed by atoms with E-state index in [0.29, 0.717) is 34.8 Å². The summed E-state index contributed by atoms with van der Waals surface area (Å²) in [5, 5.41) is 0.519. The van der Waals surface area contributed by atoms with Crippen LogP contribution in [0.4, 0.5) is 0 Å². The van der Waals surface area contributed by atoms with Crippen molar-refractivity contribution in [2.24, 2.45) is 0 Å². The number of halogens is 1. The van der Waals surface area contributed by atoms with Gasteiger partial charge in [-0.3, -0.25) is 9.59 Å². The van der Waals surface area contributed by atoms with Crippen LogP contribution >= 0.6 is 11.6 Å². The first-order chi connectivity index (χ1) is 12.6. The van der Waals surface area contributed by atoms with Gasteiger partial charge in [0.1, 0.15) is 5.76 Å². The Kier molecular flexibility index (Phi) is 4.35. The quantitative estimate of drug-likeness (QED) is 0.648. The van der Waals surface area contributed by atoms with E-state index in [9.17, 15) is 9.59 Å². The third kappa shape index (κ3) is 3.16. The molecular weight excluding hydrogens is 350 g/mol. The number of fused-ring (bicyclic) bond motifs is 1. The summed E-state index contributed by atoms with van der Waals surface area (Å²) in [4.78, 5) is 27.0. The SMILES string of the molecule is O=C(c1ccc(C(=O)N2CCc3ccoc3C2)cc1)c1cccc(Cl)c1. The molecule has 1 amide bonds.